The van der Waals surface area contributed by atoms with Crippen LogP contribution in [0.1, 0.15) is 27.2 Å². The predicted molar refractivity (Wildman–Crippen MR) is 136 cm³/mol. The van der Waals surface area contributed by atoms with Crippen molar-refractivity contribution in [2.24, 2.45) is 5.41 Å². The fourth-order valence-corrected chi connectivity index (χ4v) is 9.52. The van der Waals surface area contributed by atoms with Gasteiger partial charge in [-0.15, -0.1) is 0 Å². The van der Waals surface area contributed by atoms with Crippen molar-refractivity contribution in [2.45, 2.75) is 32.8 Å². The molecule has 0 aromatic heterocycles. The van der Waals surface area contributed by atoms with Crippen molar-refractivity contribution in [3.05, 3.63) is 91.0 Å². The molecule has 0 aliphatic carbocycles. The van der Waals surface area contributed by atoms with Gasteiger partial charge in [-0.3, -0.25) is 4.79 Å². The van der Waals surface area contributed by atoms with Crippen LogP contribution in [-0.2, 0) is 9.53 Å². The highest BCUT2D eigenvalue weighted by Crippen LogP contribution is 2.60. The Morgan fingerprint density at radius 2 is 1.27 bits per heavy atom. The van der Waals surface area contributed by atoms with E-state index in [2.05, 4.69) is 96.3 Å². The topological polar surface area (TPSA) is 38.3 Å². The maximum Gasteiger partial charge on any atom is 0.317 e. The summed E-state index contributed by atoms with van der Waals surface area (Å²) in [5, 5.41) is 7.37. The van der Waals surface area contributed by atoms with Gasteiger partial charge in [0, 0.05) is 6.54 Å². The highest BCUT2D eigenvalue weighted by Gasteiger charge is 2.57. The highest BCUT2D eigenvalue weighted by molar-refractivity contribution is 7.95. The monoisotopic (exact) mass is 573 g/mol. The van der Waals surface area contributed by atoms with E-state index >= 15 is 0 Å². The molecule has 5 heteroatoms. The average Bonchev–Trinajstić information content (AvgIpc) is 3.28. The molecule has 0 saturated carbocycles. The molecule has 4 rings (SSSR count). The molecular weight excluding hydrogens is 540 g/mol. The van der Waals surface area contributed by atoms with Gasteiger partial charge in [-0.25, -0.2) is 0 Å². The van der Waals surface area contributed by atoms with Gasteiger partial charge < -0.3 is 34.0 Å². The zero-order valence-corrected chi connectivity index (χ0v) is 22.7. The summed E-state index contributed by atoms with van der Waals surface area (Å²) in [4.78, 5) is 13.7. The first kappa shape index (κ1) is 25.9. The van der Waals surface area contributed by atoms with Crippen molar-refractivity contribution in [1.82, 2.24) is 5.32 Å². The van der Waals surface area contributed by atoms with Gasteiger partial charge in [0.05, 0.1) is 6.16 Å². The number of benzene rings is 3. The maximum absolute atomic E-state index is 13.7. The second-order valence-corrected chi connectivity index (χ2v) is 13.2. The third-order valence-electron chi connectivity index (χ3n) is 6.21. The minimum absolute atomic E-state index is 0. The van der Waals surface area contributed by atoms with Crippen LogP contribution < -0.4 is 45.2 Å². The average molecular weight is 573 g/mol. The quantitative estimate of drug-likeness (QED) is 0.275. The molecule has 174 valence electrons. The van der Waals surface area contributed by atoms with Gasteiger partial charge in [-0.2, -0.15) is 0 Å². The van der Waals surface area contributed by atoms with Crippen molar-refractivity contribution in [1.29, 1.82) is 0 Å². The summed E-state index contributed by atoms with van der Waals surface area (Å²) >= 11 is 0. The van der Waals surface area contributed by atoms with Crippen molar-refractivity contribution >= 4 is 29.1 Å². The first-order valence-corrected chi connectivity index (χ1v) is 13.3. The summed E-state index contributed by atoms with van der Waals surface area (Å²) in [5.74, 6) is -0.0813. The number of hydrogen-bond acceptors (Lipinski definition) is 3. The second-order valence-electron chi connectivity index (χ2n) is 9.68. The largest absolute Gasteiger partial charge is 1.00 e. The van der Waals surface area contributed by atoms with Crippen molar-refractivity contribution in [2.75, 3.05) is 19.3 Å². The smallest absolute Gasteiger partial charge is 0.317 e. The normalized spacial score (nSPS) is 18.4. The molecule has 1 saturated heterocycles. The Labute approximate surface area is 215 Å². The zero-order chi connectivity index (χ0) is 22.7. The van der Waals surface area contributed by atoms with Crippen molar-refractivity contribution < 1.29 is 33.5 Å². The van der Waals surface area contributed by atoms with Gasteiger partial charge in [0.25, 0.3) is 0 Å². The SMILES string of the molecule is CC(C)(C)OC(=O)C1(C[P+](c2ccccc2)(c2ccccc2)c2ccccc2)CCNC1.[I-]. The van der Waals surface area contributed by atoms with Gasteiger partial charge in [-0.1, -0.05) is 54.6 Å². The van der Waals surface area contributed by atoms with Crippen molar-refractivity contribution in [3.8, 4) is 0 Å². The van der Waals surface area contributed by atoms with E-state index in [9.17, 15) is 4.79 Å². The van der Waals surface area contributed by atoms with E-state index in [4.69, 9.17) is 4.74 Å². The molecule has 0 amide bonds. The second kappa shape index (κ2) is 10.7. The first-order valence-electron chi connectivity index (χ1n) is 11.3. The summed E-state index contributed by atoms with van der Waals surface area (Å²) in [6.07, 6.45) is 1.54. The number of hydrogen-bond donors (Lipinski definition) is 1. The van der Waals surface area contributed by atoms with Crippen LogP contribution in [0.4, 0.5) is 0 Å². The Kier molecular flexibility index (Phi) is 8.36. The molecule has 1 heterocycles. The Morgan fingerprint density at radius 1 is 0.848 bits per heavy atom. The van der Waals surface area contributed by atoms with Crippen LogP contribution in [0, 0.1) is 5.41 Å². The summed E-state index contributed by atoms with van der Waals surface area (Å²) in [7, 11) is -2.13. The number of halogens is 1. The number of esters is 1. The van der Waals surface area contributed by atoms with Gasteiger partial charge in [0.2, 0.25) is 0 Å². The van der Waals surface area contributed by atoms with E-state index in [0.29, 0.717) is 6.54 Å². The first-order chi connectivity index (χ1) is 15.4. The molecule has 33 heavy (non-hydrogen) atoms. The number of nitrogens with one attached hydrogen (secondary N) is 1. The lowest BCUT2D eigenvalue weighted by Gasteiger charge is -2.36. The Hall–Kier alpha value is -1.75. The molecule has 1 atom stereocenters. The van der Waals surface area contributed by atoms with Crippen LogP contribution in [0.25, 0.3) is 0 Å². The Morgan fingerprint density at radius 3 is 1.61 bits per heavy atom. The van der Waals surface area contributed by atoms with Crippen LogP contribution in [0.5, 0.6) is 0 Å². The molecule has 3 nitrogen and oxygen atoms in total. The van der Waals surface area contributed by atoms with E-state index in [1.807, 2.05) is 20.8 Å². The molecular formula is C28H33INO2P. The minimum atomic E-state index is -2.13. The Bertz CT molecular complexity index is 933. The summed E-state index contributed by atoms with van der Waals surface area (Å²) < 4.78 is 6.02. The lowest BCUT2D eigenvalue weighted by Crippen LogP contribution is -3.00. The number of ether oxygens (including phenoxy) is 1. The summed E-state index contributed by atoms with van der Waals surface area (Å²) in [6.45, 7) is 7.34. The predicted octanol–water partition coefficient (Wildman–Crippen LogP) is 1.31. The van der Waals surface area contributed by atoms with Crippen LogP contribution in [0.15, 0.2) is 91.0 Å². The molecule has 1 aliphatic rings. The zero-order valence-electron chi connectivity index (χ0n) is 19.6. The molecule has 1 fully saturated rings. The van der Waals surface area contributed by atoms with E-state index in [0.717, 1.165) is 19.1 Å². The molecule has 0 radical (unpaired) electrons. The van der Waals surface area contributed by atoms with E-state index < -0.39 is 18.3 Å². The molecule has 1 aliphatic heterocycles. The highest BCUT2D eigenvalue weighted by atomic mass is 127. The maximum atomic E-state index is 13.7. The van der Waals surface area contributed by atoms with Gasteiger partial charge in [-0.05, 0) is 70.1 Å². The lowest BCUT2D eigenvalue weighted by atomic mass is 9.89. The van der Waals surface area contributed by atoms with Gasteiger partial charge in [0.1, 0.15) is 34.2 Å². The van der Waals surface area contributed by atoms with Crippen LogP contribution in [0.2, 0.25) is 0 Å². The summed E-state index contributed by atoms with van der Waals surface area (Å²) in [5.41, 5.74) is -1.08. The Balaban J connectivity index is 0.00000306. The molecule has 1 N–H and O–H groups in total. The fourth-order valence-electron chi connectivity index (χ4n) is 4.73. The molecule has 3 aromatic rings. The van der Waals surface area contributed by atoms with Crippen molar-refractivity contribution in [3.63, 3.8) is 0 Å². The standard InChI is InChI=1S/C28H33NO2P.HI/c1-27(2,3)31-26(30)28(19-20-29-21-28)22-32(23-13-7-4-8-14-23,24-15-9-5-10-16-24)25-17-11-6-12-18-25;/h4-18,29H,19-22H2,1-3H3;1H/q+1;/p-1. The van der Waals surface area contributed by atoms with Gasteiger partial charge in [0.15, 0.2) is 0 Å². The van der Waals surface area contributed by atoms with Crippen LogP contribution in [0.3, 0.4) is 0 Å². The third-order valence-corrected chi connectivity index (χ3v) is 10.8. The summed E-state index contributed by atoms with van der Waals surface area (Å²) in [6, 6.07) is 32.3. The van der Waals surface area contributed by atoms with Crippen LogP contribution in [-0.4, -0.2) is 30.8 Å². The van der Waals surface area contributed by atoms with E-state index in [-0.39, 0.29) is 29.9 Å². The van der Waals surface area contributed by atoms with E-state index in [1.54, 1.807) is 0 Å². The molecule has 1 unspecified atom stereocenters. The minimum Gasteiger partial charge on any atom is -1.00 e. The van der Waals surface area contributed by atoms with Crippen LogP contribution >= 0.6 is 7.26 Å². The number of rotatable bonds is 6. The molecule has 0 spiro atoms. The van der Waals surface area contributed by atoms with E-state index in [1.165, 1.54) is 15.9 Å². The number of carbonyl (C=O) groups excluding carboxylic acids is 1. The molecule has 0 bridgehead atoms. The number of carbonyl (C=O) groups is 1. The third kappa shape index (κ3) is 5.50. The fraction of sp³-hybridized carbons (Fsp3) is 0.321. The van der Waals surface area contributed by atoms with Gasteiger partial charge >= 0.3 is 5.97 Å². The molecule has 3 aromatic carbocycles. The lowest BCUT2D eigenvalue weighted by molar-refractivity contribution is -0.165.